The van der Waals surface area contributed by atoms with Crippen molar-refractivity contribution in [3.05, 3.63) is 23.3 Å². The molecule has 1 aliphatic carbocycles. The fraction of sp³-hybridized carbons (Fsp3) is 0.571. The lowest BCUT2D eigenvalue weighted by atomic mass is 9.93. The topological polar surface area (TPSA) is 92.4 Å². The van der Waals surface area contributed by atoms with Crippen LogP contribution in [0.25, 0.3) is 0 Å². The van der Waals surface area contributed by atoms with Crippen LogP contribution in [0, 0.1) is 13.8 Å². The minimum Gasteiger partial charge on any atom is -0.398 e. The number of hydrogen-bond donors (Lipinski definition) is 3. The predicted octanol–water partition coefficient (Wildman–Crippen LogP) is 1.47. The number of aliphatic hydroxyl groups excluding tert-OH is 1. The molecule has 2 rings (SSSR count). The van der Waals surface area contributed by atoms with E-state index in [0.29, 0.717) is 12.8 Å². The highest BCUT2D eigenvalue weighted by atomic mass is 32.2. The van der Waals surface area contributed by atoms with Gasteiger partial charge in [0.2, 0.25) is 10.0 Å². The molecule has 0 amide bonds. The minimum absolute atomic E-state index is 0.0957. The largest absolute Gasteiger partial charge is 0.398 e. The van der Waals surface area contributed by atoms with E-state index in [1.54, 1.807) is 12.1 Å². The Hall–Kier alpha value is -1.11. The van der Waals surface area contributed by atoms with E-state index in [1.807, 2.05) is 13.8 Å². The van der Waals surface area contributed by atoms with Gasteiger partial charge in [0.05, 0.1) is 11.8 Å². The zero-order chi connectivity index (χ0) is 14.9. The highest BCUT2D eigenvalue weighted by Gasteiger charge is 2.29. The molecule has 1 saturated carbocycles. The van der Waals surface area contributed by atoms with Gasteiger partial charge in [0.15, 0.2) is 0 Å². The van der Waals surface area contributed by atoms with Crippen molar-refractivity contribution in [3.8, 4) is 0 Å². The zero-order valence-electron chi connectivity index (χ0n) is 11.9. The molecule has 1 aliphatic rings. The lowest BCUT2D eigenvalue weighted by molar-refractivity contribution is 0.101. The molecule has 1 fully saturated rings. The van der Waals surface area contributed by atoms with Crippen molar-refractivity contribution >= 4 is 15.7 Å². The Balaban J connectivity index is 2.28. The van der Waals surface area contributed by atoms with Gasteiger partial charge >= 0.3 is 0 Å². The Morgan fingerprint density at radius 2 is 1.80 bits per heavy atom. The second-order valence-electron chi connectivity index (χ2n) is 5.55. The van der Waals surface area contributed by atoms with Gasteiger partial charge in [0.1, 0.15) is 4.90 Å². The minimum atomic E-state index is -3.70. The molecule has 6 heteroatoms. The summed E-state index contributed by atoms with van der Waals surface area (Å²) in [5.41, 5.74) is 7.91. The molecule has 0 radical (unpaired) electrons. The molecule has 0 aliphatic heterocycles. The first-order chi connectivity index (χ1) is 9.31. The number of nitrogens with one attached hydrogen (secondary N) is 1. The lowest BCUT2D eigenvalue weighted by Gasteiger charge is -2.28. The maximum absolute atomic E-state index is 12.4. The first-order valence-electron chi connectivity index (χ1n) is 6.88. The Labute approximate surface area is 120 Å². The second kappa shape index (κ2) is 5.71. The Kier molecular flexibility index (Phi) is 4.36. The number of aryl methyl sites for hydroxylation is 2. The van der Waals surface area contributed by atoms with Crippen LogP contribution in [0.15, 0.2) is 17.0 Å². The summed E-state index contributed by atoms with van der Waals surface area (Å²) >= 11 is 0. The van der Waals surface area contributed by atoms with E-state index in [-0.39, 0.29) is 10.6 Å². The van der Waals surface area contributed by atoms with Gasteiger partial charge in [-0.2, -0.15) is 0 Å². The molecule has 0 bridgehead atoms. The van der Waals surface area contributed by atoms with Crippen molar-refractivity contribution in [2.75, 3.05) is 5.73 Å². The monoisotopic (exact) mass is 298 g/mol. The van der Waals surface area contributed by atoms with Crippen LogP contribution in [-0.4, -0.2) is 25.7 Å². The highest BCUT2D eigenvalue weighted by molar-refractivity contribution is 7.89. The summed E-state index contributed by atoms with van der Waals surface area (Å²) in [5.74, 6) is 0. The normalized spacial score (nSPS) is 23.8. The van der Waals surface area contributed by atoms with E-state index in [2.05, 4.69) is 4.72 Å². The fourth-order valence-corrected chi connectivity index (χ4v) is 4.06. The summed E-state index contributed by atoms with van der Waals surface area (Å²) in [7, 11) is -3.70. The molecule has 4 N–H and O–H groups in total. The van der Waals surface area contributed by atoms with Crippen LogP contribution in [0.5, 0.6) is 0 Å². The van der Waals surface area contributed by atoms with Crippen molar-refractivity contribution in [2.24, 2.45) is 0 Å². The molecule has 1 aromatic rings. The number of hydrogen-bond acceptors (Lipinski definition) is 4. The third-order valence-electron chi connectivity index (χ3n) is 3.95. The van der Waals surface area contributed by atoms with E-state index in [4.69, 9.17) is 5.73 Å². The molecule has 0 aromatic heterocycles. The molecule has 0 saturated heterocycles. The number of anilines is 1. The zero-order valence-corrected chi connectivity index (χ0v) is 12.7. The number of benzene rings is 1. The van der Waals surface area contributed by atoms with Crippen molar-refractivity contribution in [3.63, 3.8) is 0 Å². The molecule has 1 aromatic carbocycles. The maximum atomic E-state index is 12.4. The van der Waals surface area contributed by atoms with Gasteiger partial charge < -0.3 is 10.8 Å². The second-order valence-corrected chi connectivity index (χ2v) is 7.24. The van der Waals surface area contributed by atoms with Crippen molar-refractivity contribution < 1.29 is 13.5 Å². The van der Waals surface area contributed by atoms with Crippen molar-refractivity contribution in [1.82, 2.24) is 4.72 Å². The number of nitrogens with two attached hydrogens (primary N) is 1. The van der Waals surface area contributed by atoms with E-state index in [9.17, 15) is 13.5 Å². The Morgan fingerprint density at radius 3 is 2.45 bits per heavy atom. The van der Waals surface area contributed by atoms with Crippen LogP contribution in [0.3, 0.4) is 0 Å². The number of rotatable bonds is 3. The molecule has 112 valence electrons. The van der Waals surface area contributed by atoms with Gasteiger partial charge in [-0.05, 0) is 49.9 Å². The highest BCUT2D eigenvalue weighted by Crippen LogP contribution is 2.25. The van der Waals surface area contributed by atoms with E-state index in [1.165, 1.54) is 0 Å². The predicted molar refractivity (Wildman–Crippen MR) is 78.9 cm³/mol. The number of aliphatic hydroxyl groups is 1. The molecule has 0 heterocycles. The standard InChI is InChI=1S/C14H22N2O3S/c1-9-7-11(15)14(8-10(9)2)20(18,19)16-12-5-3-4-6-13(12)17/h7-8,12-13,16-17H,3-6,15H2,1-2H3. The third-order valence-corrected chi connectivity index (χ3v) is 5.50. The summed E-state index contributed by atoms with van der Waals surface area (Å²) in [5, 5.41) is 9.89. The molecule has 5 nitrogen and oxygen atoms in total. The third kappa shape index (κ3) is 3.13. The van der Waals surface area contributed by atoms with Crippen LogP contribution in [-0.2, 0) is 10.0 Å². The van der Waals surface area contributed by atoms with Gasteiger partial charge in [-0.15, -0.1) is 0 Å². The first kappa shape index (κ1) is 15.3. The Morgan fingerprint density at radius 1 is 1.20 bits per heavy atom. The van der Waals surface area contributed by atoms with Crippen LogP contribution in [0.1, 0.15) is 36.8 Å². The summed E-state index contributed by atoms with van der Waals surface area (Å²) in [6, 6.07) is 2.83. The average Bonchev–Trinajstić information content (AvgIpc) is 2.36. The smallest absolute Gasteiger partial charge is 0.242 e. The van der Waals surface area contributed by atoms with Gasteiger partial charge in [-0.25, -0.2) is 13.1 Å². The van der Waals surface area contributed by atoms with Crippen LogP contribution in [0.4, 0.5) is 5.69 Å². The van der Waals surface area contributed by atoms with E-state index >= 15 is 0 Å². The number of sulfonamides is 1. The molecule has 20 heavy (non-hydrogen) atoms. The fourth-order valence-electron chi connectivity index (χ4n) is 2.56. The summed E-state index contributed by atoms with van der Waals surface area (Å²) in [4.78, 5) is 0.0957. The van der Waals surface area contributed by atoms with E-state index in [0.717, 1.165) is 24.0 Å². The molecular weight excluding hydrogens is 276 g/mol. The quantitative estimate of drug-likeness (QED) is 0.737. The van der Waals surface area contributed by atoms with Gasteiger partial charge in [0.25, 0.3) is 0 Å². The van der Waals surface area contributed by atoms with Crippen LogP contribution >= 0.6 is 0 Å². The first-order valence-corrected chi connectivity index (χ1v) is 8.36. The van der Waals surface area contributed by atoms with Crippen molar-refractivity contribution in [1.29, 1.82) is 0 Å². The van der Waals surface area contributed by atoms with Crippen LogP contribution in [0.2, 0.25) is 0 Å². The molecule has 0 spiro atoms. The van der Waals surface area contributed by atoms with Gasteiger partial charge in [-0.3, -0.25) is 0 Å². The maximum Gasteiger partial charge on any atom is 0.242 e. The lowest BCUT2D eigenvalue weighted by Crippen LogP contribution is -2.45. The van der Waals surface area contributed by atoms with Gasteiger partial charge in [-0.1, -0.05) is 12.8 Å². The molecule has 2 atom stereocenters. The summed E-state index contributed by atoms with van der Waals surface area (Å²) in [6.45, 7) is 3.74. The summed E-state index contributed by atoms with van der Waals surface area (Å²) in [6.07, 6.45) is 2.53. The summed E-state index contributed by atoms with van der Waals surface area (Å²) < 4.78 is 27.4. The van der Waals surface area contributed by atoms with Gasteiger partial charge in [0, 0.05) is 6.04 Å². The van der Waals surface area contributed by atoms with Crippen LogP contribution < -0.4 is 10.5 Å². The molecular formula is C14H22N2O3S. The molecule has 2 unspecified atom stereocenters. The SMILES string of the molecule is Cc1cc(N)c(S(=O)(=O)NC2CCCCC2O)cc1C. The average molecular weight is 298 g/mol. The number of nitrogen functional groups attached to an aromatic ring is 1. The van der Waals surface area contributed by atoms with Crippen molar-refractivity contribution in [2.45, 2.75) is 56.6 Å². The Bertz CT molecular complexity index is 599. The van der Waals surface area contributed by atoms with E-state index < -0.39 is 22.2 Å².